The van der Waals surface area contributed by atoms with Gasteiger partial charge < -0.3 is 35.4 Å². The van der Waals surface area contributed by atoms with Gasteiger partial charge in [0.25, 0.3) is 0 Å². The molecule has 1 saturated heterocycles. The summed E-state index contributed by atoms with van der Waals surface area (Å²) < 4.78 is 4.62. The third-order valence-corrected chi connectivity index (χ3v) is 2.19. The van der Waals surface area contributed by atoms with Crippen LogP contribution in [0.25, 0.3) is 0 Å². The van der Waals surface area contributed by atoms with Crippen molar-refractivity contribution >= 4 is 0 Å². The van der Waals surface area contributed by atoms with E-state index in [0.29, 0.717) is 0 Å². The van der Waals surface area contributed by atoms with Crippen molar-refractivity contribution in [3.63, 3.8) is 0 Å². The van der Waals surface area contributed by atoms with Crippen LogP contribution in [0.2, 0.25) is 0 Å². The fraction of sp³-hybridized carbons (Fsp3) is 1.00. The molecule has 1 aliphatic rings. The van der Waals surface area contributed by atoms with Gasteiger partial charge in [0.2, 0.25) is 0 Å². The molecular formula is C7H14O7. The van der Waals surface area contributed by atoms with Crippen LogP contribution >= 0.6 is 0 Å². The average molecular weight is 210 g/mol. The molecule has 1 rings (SSSR count). The van der Waals surface area contributed by atoms with Crippen LogP contribution in [0, 0.1) is 0 Å². The molecule has 1 fully saturated rings. The van der Waals surface area contributed by atoms with E-state index in [4.69, 9.17) is 20.4 Å². The first-order chi connectivity index (χ1) is 6.49. The molecule has 6 N–H and O–H groups in total. The average Bonchev–Trinajstić information content (AvgIpc) is 2.19. The zero-order valence-electron chi connectivity index (χ0n) is 7.26. The van der Waals surface area contributed by atoms with Crippen molar-refractivity contribution in [1.82, 2.24) is 0 Å². The largest absolute Gasteiger partial charge is 0.394 e. The van der Waals surface area contributed by atoms with Crippen molar-refractivity contribution in [1.29, 1.82) is 0 Å². The summed E-state index contributed by atoms with van der Waals surface area (Å²) in [4.78, 5) is 0. The second kappa shape index (κ2) is 4.49. The van der Waals surface area contributed by atoms with Gasteiger partial charge in [-0.3, -0.25) is 0 Å². The minimum Gasteiger partial charge on any atom is -0.394 e. The van der Waals surface area contributed by atoms with E-state index < -0.39 is 43.4 Å². The van der Waals surface area contributed by atoms with Crippen LogP contribution in [0.4, 0.5) is 0 Å². The Kier molecular flexibility index (Phi) is 3.78. The molecule has 0 radical (unpaired) electrons. The highest BCUT2D eigenvalue weighted by Gasteiger charge is 2.45. The number of ether oxygens (including phenoxy) is 1. The molecule has 0 bridgehead atoms. The normalized spacial score (nSPS) is 46.3. The molecule has 0 aliphatic carbocycles. The Balaban J connectivity index is 2.70. The maximum Gasteiger partial charge on any atom is 0.184 e. The molecule has 0 amide bonds. The molecule has 1 unspecified atom stereocenters. The molecule has 0 aromatic carbocycles. The van der Waals surface area contributed by atoms with E-state index in [0.717, 1.165) is 0 Å². The van der Waals surface area contributed by atoms with Crippen LogP contribution in [-0.2, 0) is 4.74 Å². The minimum absolute atomic E-state index is 0.683. The number of hydrogen-bond acceptors (Lipinski definition) is 7. The predicted molar refractivity (Wildman–Crippen MR) is 42.0 cm³/mol. The van der Waals surface area contributed by atoms with E-state index in [1.807, 2.05) is 0 Å². The van der Waals surface area contributed by atoms with Gasteiger partial charge in [0, 0.05) is 0 Å². The maximum atomic E-state index is 9.31. The zero-order valence-corrected chi connectivity index (χ0v) is 7.26. The van der Waals surface area contributed by atoms with E-state index in [1.165, 1.54) is 0 Å². The van der Waals surface area contributed by atoms with Crippen molar-refractivity contribution in [3.05, 3.63) is 0 Å². The fourth-order valence-corrected chi connectivity index (χ4v) is 1.31. The maximum absolute atomic E-state index is 9.31. The first-order valence-corrected chi connectivity index (χ1v) is 4.15. The molecule has 14 heavy (non-hydrogen) atoms. The summed E-state index contributed by atoms with van der Waals surface area (Å²) in [5.74, 6) is 0. The SMILES string of the molecule is OCC(O)[C@H]1O[C@H](O)[C@@H](O)[C@@H](O)[C@@H]1O. The summed E-state index contributed by atoms with van der Waals surface area (Å²) in [7, 11) is 0. The molecule has 6 atom stereocenters. The molecule has 0 saturated carbocycles. The summed E-state index contributed by atoms with van der Waals surface area (Å²) in [5, 5.41) is 54.3. The molecule has 0 spiro atoms. The van der Waals surface area contributed by atoms with E-state index in [2.05, 4.69) is 4.74 Å². The topological polar surface area (TPSA) is 131 Å². The molecule has 7 nitrogen and oxygen atoms in total. The molecule has 84 valence electrons. The van der Waals surface area contributed by atoms with Crippen LogP contribution in [-0.4, -0.2) is 74.1 Å². The Morgan fingerprint density at radius 1 is 1.00 bits per heavy atom. The van der Waals surface area contributed by atoms with Gasteiger partial charge in [-0.15, -0.1) is 0 Å². The van der Waals surface area contributed by atoms with Gasteiger partial charge in [-0.2, -0.15) is 0 Å². The lowest BCUT2D eigenvalue weighted by Crippen LogP contribution is -2.61. The summed E-state index contributed by atoms with van der Waals surface area (Å²) in [6.45, 7) is -0.683. The molecule has 0 aromatic heterocycles. The molecule has 7 heteroatoms. The van der Waals surface area contributed by atoms with Crippen LogP contribution in [0.3, 0.4) is 0 Å². The lowest BCUT2D eigenvalue weighted by Gasteiger charge is -2.39. The van der Waals surface area contributed by atoms with E-state index in [-0.39, 0.29) is 0 Å². The third-order valence-electron chi connectivity index (χ3n) is 2.19. The fourth-order valence-electron chi connectivity index (χ4n) is 1.31. The Morgan fingerprint density at radius 2 is 1.57 bits per heavy atom. The van der Waals surface area contributed by atoms with Crippen molar-refractivity contribution in [2.45, 2.75) is 36.8 Å². The smallest absolute Gasteiger partial charge is 0.184 e. The van der Waals surface area contributed by atoms with Crippen LogP contribution in [0.1, 0.15) is 0 Å². The Bertz CT molecular complexity index is 187. The molecule has 1 heterocycles. The molecule has 0 aromatic rings. The van der Waals surface area contributed by atoms with Gasteiger partial charge in [0.05, 0.1) is 6.61 Å². The standard InChI is InChI=1S/C7H14O7/c8-1-2(9)6-4(11)3(10)5(12)7(13)14-6/h2-13H,1H2/t2?,3-,4-,5-,6+,7-/m0/s1. The molecular weight excluding hydrogens is 196 g/mol. The quantitative estimate of drug-likeness (QED) is 0.275. The summed E-state index contributed by atoms with van der Waals surface area (Å²) in [6.07, 6.45) is -9.26. The van der Waals surface area contributed by atoms with Crippen molar-refractivity contribution in [2.75, 3.05) is 6.61 Å². The highest BCUT2D eigenvalue weighted by molar-refractivity contribution is 4.91. The van der Waals surface area contributed by atoms with Gasteiger partial charge in [-0.05, 0) is 0 Å². The van der Waals surface area contributed by atoms with Gasteiger partial charge in [0.15, 0.2) is 6.29 Å². The Hall–Kier alpha value is -0.280. The van der Waals surface area contributed by atoms with Crippen molar-refractivity contribution < 1.29 is 35.4 Å². The van der Waals surface area contributed by atoms with Crippen LogP contribution in [0.15, 0.2) is 0 Å². The van der Waals surface area contributed by atoms with Gasteiger partial charge in [-0.1, -0.05) is 0 Å². The van der Waals surface area contributed by atoms with Gasteiger partial charge >= 0.3 is 0 Å². The second-order valence-corrected chi connectivity index (χ2v) is 3.21. The first-order valence-electron chi connectivity index (χ1n) is 4.15. The number of aliphatic hydroxyl groups excluding tert-OH is 6. The summed E-state index contributed by atoms with van der Waals surface area (Å²) in [5.41, 5.74) is 0. The number of rotatable bonds is 2. The molecule has 1 aliphatic heterocycles. The second-order valence-electron chi connectivity index (χ2n) is 3.21. The third kappa shape index (κ3) is 2.04. The Labute approximate surface area is 79.8 Å². The van der Waals surface area contributed by atoms with E-state index in [1.54, 1.807) is 0 Å². The van der Waals surface area contributed by atoms with E-state index in [9.17, 15) is 10.2 Å². The zero-order chi connectivity index (χ0) is 10.9. The number of aliphatic hydroxyl groups is 6. The summed E-state index contributed by atoms with van der Waals surface area (Å²) >= 11 is 0. The first kappa shape index (κ1) is 11.8. The predicted octanol–water partition coefficient (Wildman–Crippen LogP) is -3.86. The monoisotopic (exact) mass is 210 g/mol. The van der Waals surface area contributed by atoms with Crippen LogP contribution in [0.5, 0.6) is 0 Å². The highest BCUT2D eigenvalue weighted by atomic mass is 16.6. The minimum atomic E-state index is -1.69. The lowest BCUT2D eigenvalue weighted by atomic mass is 9.96. The van der Waals surface area contributed by atoms with Crippen molar-refractivity contribution in [2.24, 2.45) is 0 Å². The summed E-state index contributed by atoms with van der Waals surface area (Å²) in [6, 6.07) is 0. The van der Waals surface area contributed by atoms with E-state index >= 15 is 0 Å². The lowest BCUT2D eigenvalue weighted by molar-refractivity contribution is -0.298. The van der Waals surface area contributed by atoms with Crippen LogP contribution < -0.4 is 0 Å². The Morgan fingerprint density at radius 3 is 2.07 bits per heavy atom. The van der Waals surface area contributed by atoms with Gasteiger partial charge in [0.1, 0.15) is 30.5 Å². The highest BCUT2D eigenvalue weighted by Crippen LogP contribution is 2.21. The van der Waals surface area contributed by atoms with Crippen molar-refractivity contribution in [3.8, 4) is 0 Å². The van der Waals surface area contributed by atoms with Gasteiger partial charge in [-0.25, -0.2) is 0 Å². The number of hydrogen-bond donors (Lipinski definition) is 6.